The van der Waals surface area contributed by atoms with Crippen molar-refractivity contribution in [2.45, 2.75) is 65.1 Å². The van der Waals surface area contributed by atoms with Gasteiger partial charge in [0.1, 0.15) is 42.5 Å². The maximum Gasteiger partial charge on any atom is 0.308 e. The van der Waals surface area contributed by atoms with E-state index < -0.39 is 12.2 Å². The van der Waals surface area contributed by atoms with E-state index in [1.54, 1.807) is 6.92 Å². The van der Waals surface area contributed by atoms with Gasteiger partial charge in [-0.1, -0.05) is 57.9 Å². The molecule has 0 amide bonds. The molecule has 3 atom stereocenters. The number of aliphatic hydroxyl groups excluding tert-OH is 2. The summed E-state index contributed by atoms with van der Waals surface area (Å²) in [5, 5.41) is 21.0. The van der Waals surface area contributed by atoms with Crippen LogP contribution in [0.15, 0.2) is 52.9 Å². The van der Waals surface area contributed by atoms with Gasteiger partial charge < -0.3 is 33.6 Å². The van der Waals surface area contributed by atoms with E-state index in [-0.39, 0.29) is 51.5 Å². The SMILES string of the molecule is CCCCCc1ccc(-c2cc3ccc(OCC(O)COCCOCC(O)COC(=O)C(C)CC)cc3o2)cc1. The molecule has 1 heterocycles. The number of rotatable bonds is 19. The summed E-state index contributed by atoms with van der Waals surface area (Å²) >= 11 is 0. The van der Waals surface area contributed by atoms with E-state index in [4.69, 9.17) is 23.4 Å². The van der Waals surface area contributed by atoms with Crippen molar-refractivity contribution >= 4 is 16.9 Å². The maximum absolute atomic E-state index is 11.6. The van der Waals surface area contributed by atoms with Crippen LogP contribution in [0, 0.1) is 5.92 Å². The number of carbonyl (C=O) groups excluding carboxylic acids is 1. The van der Waals surface area contributed by atoms with Gasteiger partial charge in [0.25, 0.3) is 0 Å². The Morgan fingerprint density at radius 1 is 0.875 bits per heavy atom. The van der Waals surface area contributed by atoms with E-state index in [0.29, 0.717) is 12.2 Å². The lowest BCUT2D eigenvalue weighted by molar-refractivity contribution is -0.152. The number of fused-ring (bicyclic) bond motifs is 1. The Bertz CT molecular complexity index is 1140. The van der Waals surface area contributed by atoms with E-state index >= 15 is 0 Å². The lowest BCUT2D eigenvalue weighted by atomic mass is 10.0. The Kier molecular flexibility index (Phi) is 13.5. The van der Waals surface area contributed by atoms with Gasteiger partial charge >= 0.3 is 5.97 Å². The van der Waals surface area contributed by atoms with Crippen molar-refractivity contribution in [1.82, 2.24) is 0 Å². The molecule has 0 aliphatic carbocycles. The topological polar surface area (TPSA) is 108 Å². The number of hydrogen-bond donors (Lipinski definition) is 2. The summed E-state index contributed by atoms with van der Waals surface area (Å²) in [5.41, 5.74) is 3.10. The molecule has 2 aromatic carbocycles. The summed E-state index contributed by atoms with van der Waals surface area (Å²) in [4.78, 5) is 11.6. The van der Waals surface area contributed by atoms with Crippen molar-refractivity contribution < 1.29 is 38.4 Å². The third-order valence-corrected chi connectivity index (χ3v) is 6.67. The minimum absolute atomic E-state index is 0.0319. The molecule has 8 heteroatoms. The van der Waals surface area contributed by atoms with Crippen LogP contribution in [0.3, 0.4) is 0 Å². The molecule has 0 spiro atoms. The number of esters is 1. The average Bonchev–Trinajstić information content (AvgIpc) is 3.40. The number of aliphatic hydroxyl groups is 2. The van der Waals surface area contributed by atoms with E-state index in [2.05, 4.69) is 31.2 Å². The lowest BCUT2D eigenvalue weighted by Crippen LogP contribution is -2.27. The monoisotopic (exact) mass is 556 g/mol. The second-order valence-electron chi connectivity index (χ2n) is 10.2. The first kappa shape index (κ1) is 31.6. The van der Waals surface area contributed by atoms with E-state index in [0.717, 1.165) is 28.7 Å². The van der Waals surface area contributed by atoms with E-state index in [1.165, 1.54) is 24.8 Å². The van der Waals surface area contributed by atoms with Crippen LogP contribution in [-0.2, 0) is 25.4 Å². The fraction of sp³-hybridized carbons (Fsp3) is 0.531. The number of carbonyl (C=O) groups is 1. The first-order valence-electron chi connectivity index (χ1n) is 14.3. The molecule has 0 bridgehead atoms. The molecule has 3 unspecified atom stereocenters. The van der Waals surface area contributed by atoms with Gasteiger partial charge in [-0.05, 0) is 43.0 Å². The summed E-state index contributed by atoms with van der Waals surface area (Å²) < 4.78 is 27.6. The van der Waals surface area contributed by atoms with Crippen molar-refractivity contribution in [3.05, 3.63) is 54.1 Å². The number of hydrogen-bond acceptors (Lipinski definition) is 8. The van der Waals surface area contributed by atoms with Crippen LogP contribution < -0.4 is 4.74 Å². The Balaban J connectivity index is 1.33. The highest BCUT2D eigenvalue weighted by Crippen LogP contribution is 2.30. The van der Waals surface area contributed by atoms with Crippen LogP contribution in [0.25, 0.3) is 22.3 Å². The summed E-state index contributed by atoms with van der Waals surface area (Å²) in [6.45, 7) is 6.47. The first-order chi connectivity index (χ1) is 19.4. The number of unbranched alkanes of at least 4 members (excludes halogenated alkanes) is 2. The second kappa shape index (κ2) is 17.0. The van der Waals surface area contributed by atoms with Crippen molar-refractivity contribution in [3.63, 3.8) is 0 Å². The maximum atomic E-state index is 11.6. The van der Waals surface area contributed by atoms with Crippen LogP contribution >= 0.6 is 0 Å². The minimum atomic E-state index is -0.893. The van der Waals surface area contributed by atoms with Crippen molar-refractivity contribution in [2.24, 2.45) is 5.92 Å². The van der Waals surface area contributed by atoms with Gasteiger partial charge in [0.05, 0.1) is 32.3 Å². The van der Waals surface area contributed by atoms with Crippen molar-refractivity contribution in [1.29, 1.82) is 0 Å². The van der Waals surface area contributed by atoms with Crippen molar-refractivity contribution in [2.75, 3.05) is 39.6 Å². The molecule has 40 heavy (non-hydrogen) atoms. The molecule has 3 rings (SSSR count). The van der Waals surface area contributed by atoms with Crippen LogP contribution in [0.5, 0.6) is 5.75 Å². The Morgan fingerprint density at radius 2 is 1.57 bits per heavy atom. The molecule has 8 nitrogen and oxygen atoms in total. The number of benzene rings is 2. The number of aryl methyl sites for hydroxylation is 1. The summed E-state index contributed by atoms with van der Waals surface area (Å²) in [5.74, 6) is 0.896. The van der Waals surface area contributed by atoms with Gasteiger partial charge in [-0.2, -0.15) is 0 Å². The molecule has 0 saturated heterocycles. The number of furan rings is 1. The highest BCUT2D eigenvalue weighted by atomic mass is 16.6. The van der Waals surface area contributed by atoms with E-state index in [1.807, 2.05) is 31.2 Å². The fourth-order valence-electron chi connectivity index (χ4n) is 3.99. The first-order valence-corrected chi connectivity index (χ1v) is 14.3. The fourth-order valence-corrected chi connectivity index (χ4v) is 3.99. The molecule has 2 N–H and O–H groups in total. The molecule has 0 fully saturated rings. The third kappa shape index (κ3) is 10.6. The zero-order valence-electron chi connectivity index (χ0n) is 24.0. The predicted octanol–water partition coefficient (Wildman–Crippen LogP) is 5.56. The number of ether oxygens (including phenoxy) is 4. The van der Waals surface area contributed by atoms with Crippen LogP contribution in [0.2, 0.25) is 0 Å². The Labute approximate surface area is 237 Å². The van der Waals surface area contributed by atoms with E-state index in [9.17, 15) is 15.0 Å². The minimum Gasteiger partial charge on any atom is -0.491 e. The highest BCUT2D eigenvalue weighted by Gasteiger charge is 2.15. The quantitative estimate of drug-likeness (QED) is 0.146. The zero-order chi connectivity index (χ0) is 28.7. The Hall–Kier alpha value is -2.91. The van der Waals surface area contributed by atoms with Gasteiger partial charge in [-0.3, -0.25) is 4.79 Å². The molecular formula is C32H44O8. The Morgan fingerprint density at radius 3 is 2.25 bits per heavy atom. The normalized spacial score (nSPS) is 13.7. The van der Waals surface area contributed by atoms with Gasteiger partial charge in [0.2, 0.25) is 0 Å². The smallest absolute Gasteiger partial charge is 0.308 e. The standard InChI is InChI=1S/C32H44O8/c1-4-6-7-8-24-9-11-25(12-10-24)30-17-26-13-14-29(18-31(26)40-30)38-21-27(33)19-36-15-16-37-20-28(34)22-39-32(35)23(3)5-2/h9-14,17-18,23,27-28,33-34H,4-8,15-16,19-22H2,1-3H3. The largest absolute Gasteiger partial charge is 0.491 e. The highest BCUT2D eigenvalue weighted by molar-refractivity contribution is 5.84. The third-order valence-electron chi connectivity index (χ3n) is 6.67. The van der Waals surface area contributed by atoms with Crippen molar-refractivity contribution in [3.8, 4) is 17.1 Å². The predicted molar refractivity (Wildman–Crippen MR) is 154 cm³/mol. The molecule has 3 aromatic rings. The van der Waals surface area contributed by atoms with Gasteiger partial charge in [0, 0.05) is 17.0 Å². The molecule has 0 radical (unpaired) electrons. The zero-order valence-corrected chi connectivity index (χ0v) is 24.0. The average molecular weight is 557 g/mol. The second-order valence-corrected chi connectivity index (χ2v) is 10.2. The summed E-state index contributed by atoms with van der Waals surface area (Å²) in [6.07, 6.45) is 3.76. The summed E-state index contributed by atoms with van der Waals surface area (Å²) in [7, 11) is 0. The van der Waals surface area contributed by atoms with Gasteiger partial charge in [-0.15, -0.1) is 0 Å². The molecule has 1 aromatic heterocycles. The van der Waals surface area contributed by atoms with Gasteiger partial charge in [0.15, 0.2) is 0 Å². The lowest BCUT2D eigenvalue weighted by Gasteiger charge is -2.15. The van der Waals surface area contributed by atoms with Crippen LogP contribution in [-0.4, -0.2) is 68.0 Å². The molecule has 0 saturated carbocycles. The molecule has 0 aliphatic heterocycles. The molecule has 220 valence electrons. The van der Waals surface area contributed by atoms with Crippen LogP contribution in [0.1, 0.15) is 52.0 Å². The molecule has 0 aliphatic rings. The summed E-state index contributed by atoms with van der Waals surface area (Å²) in [6, 6.07) is 16.2. The van der Waals surface area contributed by atoms with Crippen LogP contribution in [0.4, 0.5) is 0 Å². The molecular weight excluding hydrogens is 512 g/mol. The van der Waals surface area contributed by atoms with Gasteiger partial charge in [-0.25, -0.2) is 0 Å².